The van der Waals surface area contributed by atoms with Crippen LogP contribution in [-0.4, -0.2) is 27.6 Å². The first kappa shape index (κ1) is 10.1. The Morgan fingerprint density at radius 2 is 2.35 bits per heavy atom. The monoisotopic (exact) mass is 231 g/mol. The average molecular weight is 231 g/mol. The second-order valence-electron chi connectivity index (χ2n) is 4.15. The number of nitrogens with one attached hydrogen (secondary N) is 2. The quantitative estimate of drug-likeness (QED) is 0.830. The maximum absolute atomic E-state index is 11.7. The first-order chi connectivity index (χ1) is 8.28. The minimum absolute atomic E-state index is 0.0546. The van der Waals surface area contributed by atoms with Crippen LogP contribution in [-0.2, 0) is 4.79 Å². The highest BCUT2D eigenvalue weighted by molar-refractivity contribution is 5.93. The summed E-state index contributed by atoms with van der Waals surface area (Å²) in [5.41, 5.74) is 1.59. The van der Waals surface area contributed by atoms with Crippen LogP contribution in [0.15, 0.2) is 18.5 Å². The fraction of sp³-hybridized carbons (Fsp3) is 0.364. The topological polar surface area (TPSA) is 71.3 Å². The Bertz CT molecular complexity index is 572. The van der Waals surface area contributed by atoms with Gasteiger partial charge in [0.1, 0.15) is 0 Å². The minimum Gasteiger partial charge on any atom is -0.385 e. The Labute approximate surface area is 98.0 Å². The predicted octanol–water partition coefficient (Wildman–Crippen LogP) is 1.12. The molecule has 1 aliphatic carbocycles. The van der Waals surface area contributed by atoms with E-state index in [1.165, 1.54) is 0 Å². The van der Waals surface area contributed by atoms with Gasteiger partial charge in [0.25, 0.3) is 0 Å². The third-order valence-electron chi connectivity index (χ3n) is 2.83. The van der Waals surface area contributed by atoms with Gasteiger partial charge in [0.05, 0.1) is 5.69 Å². The molecule has 6 nitrogen and oxygen atoms in total. The Morgan fingerprint density at radius 1 is 1.53 bits per heavy atom. The van der Waals surface area contributed by atoms with Crippen molar-refractivity contribution in [3.63, 3.8) is 0 Å². The third-order valence-corrected chi connectivity index (χ3v) is 2.83. The van der Waals surface area contributed by atoms with Crippen LogP contribution in [0.2, 0.25) is 0 Å². The number of nitrogens with zero attached hydrogens (tertiary/aromatic N) is 3. The van der Waals surface area contributed by atoms with Crippen LogP contribution in [0.4, 0.5) is 11.5 Å². The van der Waals surface area contributed by atoms with Gasteiger partial charge < -0.3 is 10.6 Å². The van der Waals surface area contributed by atoms with Crippen LogP contribution in [0.1, 0.15) is 12.8 Å². The van der Waals surface area contributed by atoms with Gasteiger partial charge in [0, 0.05) is 31.4 Å². The molecule has 2 aromatic heterocycles. The lowest BCUT2D eigenvalue weighted by Crippen LogP contribution is -2.15. The van der Waals surface area contributed by atoms with Gasteiger partial charge in [-0.05, 0) is 12.8 Å². The molecule has 17 heavy (non-hydrogen) atoms. The zero-order valence-electron chi connectivity index (χ0n) is 9.47. The molecule has 2 N–H and O–H groups in total. The molecule has 0 saturated heterocycles. The number of aromatic nitrogens is 3. The number of fused-ring (bicyclic) bond motifs is 1. The molecular weight excluding hydrogens is 218 g/mol. The first-order valence-corrected chi connectivity index (χ1v) is 5.61. The van der Waals surface area contributed by atoms with Crippen LogP contribution in [0, 0.1) is 5.92 Å². The predicted molar refractivity (Wildman–Crippen MR) is 63.9 cm³/mol. The molecular formula is C11H13N5O. The molecule has 1 fully saturated rings. The van der Waals surface area contributed by atoms with Gasteiger partial charge >= 0.3 is 0 Å². The maximum Gasteiger partial charge on any atom is 0.228 e. The summed E-state index contributed by atoms with van der Waals surface area (Å²) in [6.07, 6.45) is 5.40. The second kappa shape index (κ2) is 3.73. The summed E-state index contributed by atoms with van der Waals surface area (Å²) in [6.45, 7) is 0. The number of carbonyl (C=O) groups excluding carboxylic acids is 1. The van der Waals surface area contributed by atoms with E-state index in [1.54, 1.807) is 23.0 Å². The summed E-state index contributed by atoms with van der Waals surface area (Å²) in [5, 5.41) is 10.1. The highest BCUT2D eigenvalue weighted by atomic mass is 16.2. The summed E-state index contributed by atoms with van der Waals surface area (Å²) in [5.74, 6) is 0.782. The number of carbonyl (C=O) groups is 1. The second-order valence-corrected chi connectivity index (χ2v) is 4.15. The van der Waals surface area contributed by atoms with Crippen molar-refractivity contribution in [2.75, 3.05) is 17.7 Å². The van der Waals surface area contributed by atoms with Gasteiger partial charge in [0.2, 0.25) is 5.91 Å². The molecule has 0 spiro atoms. The Balaban J connectivity index is 1.95. The van der Waals surface area contributed by atoms with E-state index in [4.69, 9.17) is 0 Å². The fourth-order valence-electron chi connectivity index (χ4n) is 1.74. The van der Waals surface area contributed by atoms with Crippen molar-refractivity contribution in [1.29, 1.82) is 0 Å². The van der Waals surface area contributed by atoms with Gasteiger partial charge in [0.15, 0.2) is 11.5 Å². The van der Waals surface area contributed by atoms with E-state index in [-0.39, 0.29) is 11.8 Å². The van der Waals surface area contributed by atoms with Crippen LogP contribution in [0.25, 0.3) is 5.65 Å². The van der Waals surface area contributed by atoms with Gasteiger partial charge in [-0.25, -0.2) is 9.50 Å². The lowest BCUT2D eigenvalue weighted by atomic mass is 10.3. The normalized spacial score (nSPS) is 14.9. The lowest BCUT2D eigenvalue weighted by Gasteiger charge is -2.07. The first-order valence-electron chi connectivity index (χ1n) is 5.61. The maximum atomic E-state index is 11.7. The molecule has 3 rings (SSSR count). The van der Waals surface area contributed by atoms with Crippen molar-refractivity contribution in [3.8, 4) is 0 Å². The minimum atomic E-state index is 0.0546. The number of hydrogen-bond donors (Lipinski definition) is 2. The van der Waals surface area contributed by atoms with E-state index in [0.29, 0.717) is 5.82 Å². The fourth-order valence-corrected chi connectivity index (χ4v) is 1.74. The van der Waals surface area contributed by atoms with Gasteiger partial charge in [-0.15, -0.1) is 5.10 Å². The van der Waals surface area contributed by atoms with Crippen molar-refractivity contribution in [1.82, 2.24) is 14.6 Å². The number of imidazole rings is 1. The van der Waals surface area contributed by atoms with Gasteiger partial charge in [-0.3, -0.25) is 4.79 Å². The molecule has 0 atom stereocenters. The average Bonchev–Trinajstić information content (AvgIpc) is 3.07. The lowest BCUT2D eigenvalue weighted by molar-refractivity contribution is -0.117. The zero-order valence-corrected chi connectivity index (χ0v) is 9.47. The molecule has 0 unspecified atom stereocenters. The summed E-state index contributed by atoms with van der Waals surface area (Å²) in [7, 11) is 1.82. The van der Waals surface area contributed by atoms with E-state index in [2.05, 4.69) is 20.7 Å². The Kier molecular flexibility index (Phi) is 2.21. The smallest absolute Gasteiger partial charge is 0.228 e. The number of hydrogen-bond acceptors (Lipinski definition) is 4. The zero-order chi connectivity index (χ0) is 11.8. The summed E-state index contributed by atoms with van der Waals surface area (Å²) in [4.78, 5) is 15.8. The molecule has 1 amide bonds. The van der Waals surface area contributed by atoms with E-state index in [1.807, 2.05) is 7.05 Å². The molecule has 0 bridgehead atoms. The summed E-state index contributed by atoms with van der Waals surface area (Å²) < 4.78 is 1.65. The molecule has 0 aliphatic heterocycles. The molecule has 1 aliphatic rings. The molecule has 0 radical (unpaired) electrons. The van der Waals surface area contributed by atoms with E-state index < -0.39 is 0 Å². The van der Waals surface area contributed by atoms with Crippen molar-refractivity contribution >= 4 is 23.1 Å². The molecule has 2 aromatic rings. The highest BCUT2D eigenvalue weighted by Gasteiger charge is 2.29. The van der Waals surface area contributed by atoms with Crippen molar-refractivity contribution in [3.05, 3.63) is 18.5 Å². The molecule has 2 heterocycles. The van der Waals surface area contributed by atoms with Gasteiger partial charge in [-0.2, -0.15) is 0 Å². The largest absolute Gasteiger partial charge is 0.385 e. The number of rotatable bonds is 3. The van der Waals surface area contributed by atoms with Crippen LogP contribution < -0.4 is 10.6 Å². The molecule has 0 aromatic carbocycles. The highest BCUT2D eigenvalue weighted by Crippen LogP contribution is 2.30. The van der Waals surface area contributed by atoms with E-state index in [0.717, 1.165) is 24.2 Å². The number of anilines is 2. The van der Waals surface area contributed by atoms with E-state index in [9.17, 15) is 4.79 Å². The standard InChI is InChI=1S/C11H13N5O/c1-12-8-6-9(14-11(17)7-2-3-7)15-16-5-4-13-10(8)16/h4-7,12H,2-3H2,1H3,(H,14,15,17). The van der Waals surface area contributed by atoms with Crippen molar-refractivity contribution < 1.29 is 4.79 Å². The van der Waals surface area contributed by atoms with E-state index >= 15 is 0 Å². The Morgan fingerprint density at radius 3 is 3.06 bits per heavy atom. The summed E-state index contributed by atoms with van der Waals surface area (Å²) in [6, 6.07) is 1.79. The van der Waals surface area contributed by atoms with Crippen molar-refractivity contribution in [2.45, 2.75) is 12.8 Å². The molecule has 6 heteroatoms. The van der Waals surface area contributed by atoms with Crippen LogP contribution >= 0.6 is 0 Å². The third kappa shape index (κ3) is 1.82. The molecule has 88 valence electrons. The SMILES string of the molecule is CNc1cc(NC(=O)C2CC2)nn2ccnc12. The Hall–Kier alpha value is -2.11. The number of amides is 1. The van der Waals surface area contributed by atoms with Crippen molar-refractivity contribution in [2.24, 2.45) is 5.92 Å². The van der Waals surface area contributed by atoms with Crippen LogP contribution in [0.3, 0.4) is 0 Å². The van der Waals surface area contributed by atoms with Crippen LogP contribution in [0.5, 0.6) is 0 Å². The van der Waals surface area contributed by atoms with Gasteiger partial charge in [-0.1, -0.05) is 0 Å². The summed E-state index contributed by atoms with van der Waals surface area (Å²) >= 11 is 0. The molecule has 1 saturated carbocycles.